The fourth-order valence-electron chi connectivity index (χ4n) is 3.38. The van der Waals surface area contributed by atoms with Crippen LogP contribution in [0.2, 0.25) is 0 Å². The molecule has 0 amide bonds. The SMILES string of the molecule is Cc1c(-c2ccccc2)cccc1-c1noc(-c2cccc(CNCCO)c2)n1. The summed E-state index contributed by atoms with van der Waals surface area (Å²) in [5.41, 5.74) is 6.38. The molecule has 5 nitrogen and oxygen atoms in total. The van der Waals surface area contributed by atoms with Crippen LogP contribution in [0.1, 0.15) is 11.1 Å². The Morgan fingerprint density at radius 1 is 0.897 bits per heavy atom. The van der Waals surface area contributed by atoms with Crippen molar-refractivity contribution in [1.29, 1.82) is 0 Å². The highest BCUT2D eigenvalue weighted by Crippen LogP contribution is 2.31. The standard InChI is InChI=1S/C24H23N3O2/c1-17-21(19-8-3-2-4-9-19)11-6-12-22(17)23-26-24(29-27-23)20-10-5-7-18(15-20)16-25-13-14-28/h2-12,15,25,28H,13-14,16H2,1H3. The minimum absolute atomic E-state index is 0.119. The molecule has 0 aliphatic carbocycles. The average molecular weight is 385 g/mol. The molecule has 0 saturated carbocycles. The second-order valence-corrected chi connectivity index (χ2v) is 6.87. The molecule has 1 heterocycles. The summed E-state index contributed by atoms with van der Waals surface area (Å²) in [6.07, 6.45) is 0. The van der Waals surface area contributed by atoms with Crippen molar-refractivity contribution in [2.45, 2.75) is 13.5 Å². The van der Waals surface area contributed by atoms with E-state index in [1.807, 2.05) is 54.6 Å². The molecule has 0 atom stereocenters. The number of hydrogen-bond donors (Lipinski definition) is 2. The monoisotopic (exact) mass is 385 g/mol. The highest BCUT2D eigenvalue weighted by atomic mass is 16.5. The maximum Gasteiger partial charge on any atom is 0.258 e. The van der Waals surface area contributed by atoms with Crippen LogP contribution in [0, 0.1) is 6.92 Å². The first-order valence-corrected chi connectivity index (χ1v) is 9.66. The highest BCUT2D eigenvalue weighted by Gasteiger charge is 2.15. The molecule has 3 aromatic carbocycles. The van der Waals surface area contributed by atoms with Gasteiger partial charge in [0.2, 0.25) is 5.82 Å². The zero-order valence-corrected chi connectivity index (χ0v) is 16.3. The van der Waals surface area contributed by atoms with E-state index >= 15 is 0 Å². The van der Waals surface area contributed by atoms with Crippen LogP contribution in [-0.4, -0.2) is 28.4 Å². The van der Waals surface area contributed by atoms with Gasteiger partial charge < -0.3 is 14.9 Å². The third-order valence-corrected chi connectivity index (χ3v) is 4.88. The molecule has 0 spiro atoms. The topological polar surface area (TPSA) is 71.2 Å². The van der Waals surface area contributed by atoms with Gasteiger partial charge in [-0.05, 0) is 41.3 Å². The molecule has 0 fully saturated rings. The number of rotatable bonds is 7. The summed E-state index contributed by atoms with van der Waals surface area (Å²) in [5, 5.41) is 16.3. The number of hydrogen-bond acceptors (Lipinski definition) is 5. The summed E-state index contributed by atoms with van der Waals surface area (Å²) in [7, 11) is 0. The molecule has 4 aromatic rings. The lowest BCUT2D eigenvalue weighted by atomic mass is 9.96. The number of aromatic nitrogens is 2. The van der Waals surface area contributed by atoms with Gasteiger partial charge in [0.25, 0.3) is 5.89 Å². The molecule has 0 saturated heterocycles. The van der Waals surface area contributed by atoms with Crippen LogP contribution in [0.25, 0.3) is 34.0 Å². The van der Waals surface area contributed by atoms with Gasteiger partial charge in [0.15, 0.2) is 0 Å². The largest absolute Gasteiger partial charge is 0.395 e. The molecule has 0 aliphatic rings. The van der Waals surface area contributed by atoms with E-state index in [-0.39, 0.29) is 6.61 Å². The summed E-state index contributed by atoms with van der Waals surface area (Å²) < 4.78 is 5.56. The van der Waals surface area contributed by atoms with E-state index in [4.69, 9.17) is 9.63 Å². The van der Waals surface area contributed by atoms with Crippen molar-refractivity contribution in [1.82, 2.24) is 15.5 Å². The van der Waals surface area contributed by atoms with Crippen molar-refractivity contribution in [3.8, 4) is 34.0 Å². The van der Waals surface area contributed by atoms with Gasteiger partial charge in [-0.25, -0.2) is 0 Å². The van der Waals surface area contributed by atoms with Crippen molar-refractivity contribution in [2.75, 3.05) is 13.2 Å². The second kappa shape index (κ2) is 8.82. The Labute approximate surface area is 170 Å². The highest BCUT2D eigenvalue weighted by molar-refractivity contribution is 5.76. The van der Waals surface area contributed by atoms with Crippen LogP contribution >= 0.6 is 0 Å². The normalized spacial score (nSPS) is 11.0. The zero-order chi connectivity index (χ0) is 20.1. The van der Waals surface area contributed by atoms with Gasteiger partial charge in [0.1, 0.15) is 0 Å². The third-order valence-electron chi connectivity index (χ3n) is 4.88. The Kier molecular flexibility index (Phi) is 5.79. The van der Waals surface area contributed by atoms with Crippen LogP contribution in [0.5, 0.6) is 0 Å². The number of nitrogens with zero attached hydrogens (tertiary/aromatic N) is 2. The Morgan fingerprint density at radius 2 is 1.66 bits per heavy atom. The van der Waals surface area contributed by atoms with Crippen LogP contribution in [0.4, 0.5) is 0 Å². The lowest BCUT2D eigenvalue weighted by molar-refractivity contribution is 0.292. The summed E-state index contributed by atoms with van der Waals surface area (Å²) >= 11 is 0. The van der Waals surface area contributed by atoms with Gasteiger partial charge in [0.05, 0.1) is 6.61 Å². The smallest absolute Gasteiger partial charge is 0.258 e. The predicted molar refractivity (Wildman–Crippen MR) is 114 cm³/mol. The molecular formula is C24H23N3O2. The summed E-state index contributed by atoms with van der Waals surface area (Å²) in [6, 6.07) is 24.4. The maximum absolute atomic E-state index is 8.91. The molecule has 2 N–H and O–H groups in total. The minimum atomic E-state index is 0.119. The predicted octanol–water partition coefficient (Wildman–Crippen LogP) is 4.46. The molecule has 5 heteroatoms. The van der Waals surface area contributed by atoms with Gasteiger partial charge in [-0.2, -0.15) is 4.98 Å². The Bertz CT molecular complexity index is 1090. The van der Waals surface area contributed by atoms with E-state index in [0.29, 0.717) is 24.8 Å². The Hall–Kier alpha value is -3.28. The number of benzene rings is 3. The van der Waals surface area contributed by atoms with E-state index in [0.717, 1.165) is 27.8 Å². The van der Waals surface area contributed by atoms with E-state index in [2.05, 4.69) is 40.6 Å². The van der Waals surface area contributed by atoms with Gasteiger partial charge in [-0.3, -0.25) is 0 Å². The van der Waals surface area contributed by atoms with Crippen molar-refractivity contribution in [3.05, 3.63) is 83.9 Å². The van der Waals surface area contributed by atoms with Gasteiger partial charge in [-0.1, -0.05) is 65.8 Å². The molecular weight excluding hydrogens is 362 g/mol. The van der Waals surface area contributed by atoms with E-state index in [9.17, 15) is 0 Å². The van der Waals surface area contributed by atoms with E-state index in [1.54, 1.807) is 0 Å². The van der Waals surface area contributed by atoms with Crippen molar-refractivity contribution >= 4 is 0 Å². The molecule has 0 aliphatic heterocycles. The third kappa shape index (κ3) is 4.26. The first-order chi connectivity index (χ1) is 14.3. The number of nitrogens with one attached hydrogen (secondary N) is 1. The van der Waals surface area contributed by atoms with E-state index < -0.39 is 0 Å². The van der Waals surface area contributed by atoms with Crippen LogP contribution in [0.3, 0.4) is 0 Å². The van der Waals surface area contributed by atoms with E-state index in [1.165, 1.54) is 5.56 Å². The van der Waals surface area contributed by atoms with Gasteiger partial charge in [0, 0.05) is 24.2 Å². The Morgan fingerprint density at radius 3 is 2.48 bits per heavy atom. The quantitative estimate of drug-likeness (QED) is 0.460. The first kappa shape index (κ1) is 19.1. The van der Waals surface area contributed by atoms with Crippen molar-refractivity contribution < 1.29 is 9.63 Å². The molecule has 29 heavy (non-hydrogen) atoms. The van der Waals surface area contributed by atoms with Crippen LogP contribution in [0.15, 0.2) is 77.3 Å². The molecule has 0 unspecified atom stereocenters. The minimum Gasteiger partial charge on any atom is -0.395 e. The van der Waals surface area contributed by atoms with Crippen molar-refractivity contribution in [3.63, 3.8) is 0 Å². The van der Waals surface area contributed by atoms with Gasteiger partial charge >= 0.3 is 0 Å². The molecule has 4 rings (SSSR count). The lowest BCUT2D eigenvalue weighted by Crippen LogP contribution is -2.17. The lowest BCUT2D eigenvalue weighted by Gasteiger charge is -2.09. The van der Waals surface area contributed by atoms with Crippen LogP contribution < -0.4 is 5.32 Å². The number of aliphatic hydroxyl groups excluding tert-OH is 1. The van der Waals surface area contributed by atoms with Crippen LogP contribution in [-0.2, 0) is 6.54 Å². The average Bonchev–Trinajstić information content (AvgIpc) is 3.25. The fraction of sp³-hybridized carbons (Fsp3) is 0.167. The molecule has 1 aromatic heterocycles. The zero-order valence-electron chi connectivity index (χ0n) is 16.3. The summed E-state index contributed by atoms with van der Waals surface area (Å²) in [4.78, 5) is 4.65. The molecule has 146 valence electrons. The summed E-state index contributed by atoms with van der Waals surface area (Å²) in [5.74, 6) is 1.08. The molecule has 0 bridgehead atoms. The molecule has 0 radical (unpaired) electrons. The number of aliphatic hydroxyl groups is 1. The Balaban J connectivity index is 1.63. The first-order valence-electron chi connectivity index (χ1n) is 9.66. The fourth-order valence-corrected chi connectivity index (χ4v) is 3.38. The maximum atomic E-state index is 8.91. The summed E-state index contributed by atoms with van der Waals surface area (Å²) in [6.45, 7) is 3.44. The second-order valence-electron chi connectivity index (χ2n) is 6.87. The van der Waals surface area contributed by atoms with Gasteiger partial charge in [-0.15, -0.1) is 0 Å². The van der Waals surface area contributed by atoms with Crippen molar-refractivity contribution in [2.24, 2.45) is 0 Å².